The molecule has 0 aromatic rings. The molecule has 19 heavy (non-hydrogen) atoms. The molecule has 0 aromatic heterocycles. The predicted molar refractivity (Wildman–Crippen MR) is 69.1 cm³/mol. The van der Waals surface area contributed by atoms with E-state index in [0.29, 0.717) is 0 Å². The Morgan fingerprint density at radius 2 is 1.63 bits per heavy atom. The second-order valence-corrected chi connectivity index (χ2v) is 7.34. The van der Waals surface area contributed by atoms with Gasteiger partial charge in [-0.3, -0.25) is 4.79 Å². The van der Waals surface area contributed by atoms with Crippen LogP contribution < -0.4 is 0 Å². The molecule has 106 valence electrons. The van der Waals surface area contributed by atoms with Gasteiger partial charge in [0.15, 0.2) is 5.78 Å². The van der Waals surface area contributed by atoms with E-state index in [4.69, 9.17) is 0 Å². The minimum absolute atomic E-state index is 0.00296. The third-order valence-corrected chi connectivity index (χ3v) is 6.13. The molecule has 4 rings (SSSR count). The van der Waals surface area contributed by atoms with Gasteiger partial charge in [-0.2, -0.15) is 0 Å². The summed E-state index contributed by atoms with van der Waals surface area (Å²) in [6.45, 7) is 7.55. The number of rotatable bonds is 0. The quantitative estimate of drug-likeness (QED) is 0.597. The van der Waals surface area contributed by atoms with Crippen LogP contribution in [0.1, 0.15) is 27.7 Å². The molecule has 0 heterocycles. The number of fused-ring (bicyclic) bond motifs is 1. The van der Waals surface area contributed by atoms with E-state index in [0.717, 1.165) is 5.57 Å². The average Bonchev–Trinajstić information content (AvgIpc) is 2.36. The van der Waals surface area contributed by atoms with Gasteiger partial charge in [-0.15, -0.1) is 0 Å². The largest absolute Gasteiger partial charge is 0.390 e. The van der Waals surface area contributed by atoms with Gasteiger partial charge in [-0.05, 0) is 30.3 Å². The molecule has 0 aromatic carbocycles. The van der Waals surface area contributed by atoms with Crippen LogP contribution in [0.15, 0.2) is 11.6 Å². The van der Waals surface area contributed by atoms with Crippen molar-refractivity contribution in [2.24, 2.45) is 28.6 Å². The first-order valence-corrected chi connectivity index (χ1v) is 6.91. The summed E-state index contributed by atoms with van der Waals surface area (Å²) < 4.78 is 0. The number of carbonyl (C=O) groups excluding carboxylic acids is 1. The van der Waals surface area contributed by atoms with Gasteiger partial charge in [-0.1, -0.05) is 26.3 Å². The van der Waals surface area contributed by atoms with Gasteiger partial charge in [0.1, 0.15) is 6.10 Å². The molecule has 0 saturated heterocycles. The first-order valence-electron chi connectivity index (χ1n) is 6.91. The fourth-order valence-electron chi connectivity index (χ4n) is 5.11. The number of hydrogen-bond acceptors (Lipinski definition) is 4. The van der Waals surface area contributed by atoms with Crippen molar-refractivity contribution in [2.45, 2.75) is 46.0 Å². The van der Waals surface area contributed by atoms with E-state index >= 15 is 0 Å². The van der Waals surface area contributed by atoms with Gasteiger partial charge in [0.2, 0.25) is 0 Å². The van der Waals surface area contributed by atoms with Crippen LogP contribution in [-0.4, -0.2) is 39.4 Å². The zero-order valence-corrected chi connectivity index (χ0v) is 11.8. The Balaban J connectivity index is 2.21. The van der Waals surface area contributed by atoms with Crippen LogP contribution in [0.25, 0.3) is 0 Å². The first-order chi connectivity index (χ1) is 8.65. The smallest absolute Gasteiger partial charge is 0.159 e. The fraction of sp³-hybridized carbons (Fsp3) is 0.800. The van der Waals surface area contributed by atoms with Crippen molar-refractivity contribution in [3.63, 3.8) is 0 Å². The molecule has 0 spiro atoms. The summed E-state index contributed by atoms with van der Waals surface area (Å²) in [5.74, 6) is -0.206. The maximum Gasteiger partial charge on any atom is 0.159 e. The fourth-order valence-corrected chi connectivity index (χ4v) is 5.11. The predicted octanol–water partition coefficient (Wildman–Crippen LogP) is 0.506. The van der Waals surface area contributed by atoms with Crippen LogP contribution >= 0.6 is 0 Å². The van der Waals surface area contributed by atoms with Crippen molar-refractivity contribution in [1.82, 2.24) is 0 Å². The molecular weight excluding hydrogens is 244 g/mol. The molecule has 2 fully saturated rings. The van der Waals surface area contributed by atoms with E-state index in [9.17, 15) is 20.1 Å². The highest BCUT2D eigenvalue weighted by Crippen LogP contribution is 2.71. The van der Waals surface area contributed by atoms with Gasteiger partial charge in [0.05, 0.1) is 12.2 Å². The van der Waals surface area contributed by atoms with Crippen molar-refractivity contribution >= 4 is 5.78 Å². The summed E-state index contributed by atoms with van der Waals surface area (Å²) in [6.07, 6.45) is -1.61. The minimum atomic E-state index is -1.20. The van der Waals surface area contributed by atoms with Crippen LogP contribution in [0.3, 0.4) is 0 Å². The summed E-state index contributed by atoms with van der Waals surface area (Å²) >= 11 is 0. The molecule has 3 N–H and O–H groups in total. The van der Waals surface area contributed by atoms with E-state index in [1.807, 2.05) is 27.7 Å². The summed E-state index contributed by atoms with van der Waals surface area (Å²) in [5.41, 5.74) is -0.264. The normalized spacial score (nSPS) is 55.1. The lowest BCUT2D eigenvalue weighted by atomic mass is 9.37. The Morgan fingerprint density at radius 1 is 1.05 bits per heavy atom. The maximum atomic E-state index is 12.3. The first kappa shape index (κ1) is 13.3. The van der Waals surface area contributed by atoms with Gasteiger partial charge in [-0.25, -0.2) is 0 Å². The Bertz CT molecular complexity index is 481. The second-order valence-electron chi connectivity index (χ2n) is 7.34. The van der Waals surface area contributed by atoms with Crippen molar-refractivity contribution in [3.8, 4) is 0 Å². The number of aliphatic hydroxyl groups excluding tert-OH is 3. The molecule has 0 amide bonds. The molecule has 4 nitrogen and oxygen atoms in total. The topological polar surface area (TPSA) is 77.8 Å². The summed E-state index contributed by atoms with van der Waals surface area (Å²) in [6, 6.07) is 0. The van der Waals surface area contributed by atoms with Crippen molar-refractivity contribution in [3.05, 3.63) is 11.6 Å². The Kier molecular flexibility index (Phi) is 2.44. The van der Waals surface area contributed by atoms with E-state index in [2.05, 4.69) is 0 Å². The van der Waals surface area contributed by atoms with Gasteiger partial charge in [0, 0.05) is 11.3 Å². The Labute approximate surface area is 113 Å². The van der Waals surface area contributed by atoms with Crippen molar-refractivity contribution in [2.75, 3.05) is 0 Å². The maximum absolute atomic E-state index is 12.3. The third kappa shape index (κ3) is 1.23. The van der Waals surface area contributed by atoms with E-state index < -0.39 is 29.1 Å². The molecule has 4 heteroatoms. The monoisotopic (exact) mass is 266 g/mol. The summed E-state index contributed by atoms with van der Waals surface area (Å²) in [5, 5.41) is 31.1. The average molecular weight is 266 g/mol. The van der Waals surface area contributed by atoms with E-state index in [1.165, 1.54) is 0 Å². The zero-order valence-electron chi connectivity index (χ0n) is 11.8. The number of allylic oxidation sites excluding steroid dienone is 2. The SMILES string of the molecule is CC1=CC(=O)C2[C@@H]3[C@H]1[C@]2(C)[C@H](O)[C@H](O)[C@@H](O)C3(C)C. The minimum Gasteiger partial charge on any atom is -0.390 e. The molecule has 4 aliphatic carbocycles. The summed E-state index contributed by atoms with van der Waals surface area (Å²) in [4.78, 5) is 12.3. The van der Waals surface area contributed by atoms with E-state index in [1.54, 1.807) is 6.08 Å². The lowest BCUT2D eigenvalue weighted by Crippen LogP contribution is -2.67. The highest BCUT2D eigenvalue weighted by molar-refractivity contribution is 5.96. The van der Waals surface area contributed by atoms with Crippen molar-refractivity contribution in [1.29, 1.82) is 0 Å². The van der Waals surface area contributed by atoms with Crippen molar-refractivity contribution < 1.29 is 20.1 Å². The molecule has 0 radical (unpaired) electrons. The molecule has 7 atom stereocenters. The number of ketones is 1. The molecule has 2 saturated carbocycles. The standard InChI is InChI=1S/C15H22O4/c1-6-5-7(16)9-10-8(6)15(9,4)13(19)11(17)12(18)14(10,2)3/h5,8-13,17-19H,1-4H3/t8-,9?,10-,11+,12+,13+,15-/m0/s1. The van der Waals surface area contributed by atoms with Crippen LogP contribution in [-0.2, 0) is 4.79 Å². The van der Waals surface area contributed by atoms with Gasteiger partial charge >= 0.3 is 0 Å². The number of carbonyl (C=O) groups is 1. The van der Waals surface area contributed by atoms with Gasteiger partial charge in [0.25, 0.3) is 0 Å². The van der Waals surface area contributed by atoms with Crippen LogP contribution in [0, 0.1) is 28.6 Å². The third-order valence-electron chi connectivity index (χ3n) is 6.13. The van der Waals surface area contributed by atoms with E-state index in [-0.39, 0.29) is 23.5 Å². The molecule has 4 bridgehead atoms. The highest BCUT2D eigenvalue weighted by atomic mass is 16.4. The number of aliphatic hydroxyl groups is 3. The second kappa shape index (κ2) is 3.48. The molecule has 1 unspecified atom stereocenters. The van der Waals surface area contributed by atoms with Crippen LogP contribution in [0.4, 0.5) is 0 Å². The molecule has 4 aliphatic rings. The molecular formula is C15H22O4. The lowest BCUT2D eigenvalue weighted by Gasteiger charge is -2.65. The lowest BCUT2D eigenvalue weighted by molar-refractivity contribution is -0.195. The number of hydrogen-bond donors (Lipinski definition) is 3. The Morgan fingerprint density at radius 3 is 2.16 bits per heavy atom. The highest BCUT2D eigenvalue weighted by Gasteiger charge is 2.74. The zero-order chi connectivity index (χ0) is 14.3. The molecule has 0 aliphatic heterocycles. The van der Waals surface area contributed by atoms with Crippen LogP contribution in [0.5, 0.6) is 0 Å². The van der Waals surface area contributed by atoms with Crippen LogP contribution in [0.2, 0.25) is 0 Å². The Hall–Kier alpha value is -0.710. The summed E-state index contributed by atoms with van der Waals surface area (Å²) in [7, 11) is 0. The van der Waals surface area contributed by atoms with Gasteiger partial charge < -0.3 is 15.3 Å².